The fraction of sp³-hybridized carbons (Fsp3) is 0.650. The van der Waals surface area contributed by atoms with Crippen LogP contribution in [-0.2, 0) is 5.54 Å². The van der Waals surface area contributed by atoms with Crippen molar-refractivity contribution in [3.63, 3.8) is 0 Å². The van der Waals surface area contributed by atoms with E-state index in [4.69, 9.17) is 10.1 Å². The van der Waals surface area contributed by atoms with E-state index in [2.05, 4.69) is 45.3 Å². The van der Waals surface area contributed by atoms with E-state index in [1.165, 1.54) is 0 Å². The molecule has 2 N–H and O–H groups in total. The van der Waals surface area contributed by atoms with Crippen LogP contribution in [0.3, 0.4) is 0 Å². The van der Waals surface area contributed by atoms with Crippen molar-refractivity contribution >= 4 is 16.9 Å². The predicted molar refractivity (Wildman–Crippen MR) is 105 cm³/mol. The summed E-state index contributed by atoms with van der Waals surface area (Å²) in [6.45, 7) is 14.3. The van der Waals surface area contributed by atoms with Gasteiger partial charge in [0, 0.05) is 18.3 Å². The Bertz CT molecular complexity index is 810. The third-order valence-corrected chi connectivity index (χ3v) is 4.94. The first-order chi connectivity index (χ1) is 12.2. The van der Waals surface area contributed by atoms with Gasteiger partial charge in [-0.2, -0.15) is 5.10 Å². The molecule has 142 valence electrons. The number of nitrogens with zero attached hydrogens (tertiary/aromatic N) is 3. The van der Waals surface area contributed by atoms with Crippen molar-refractivity contribution in [2.75, 3.05) is 13.1 Å². The van der Waals surface area contributed by atoms with Crippen molar-refractivity contribution in [2.24, 2.45) is 0 Å². The summed E-state index contributed by atoms with van der Waals surface area (Å²) in [5.74, 6) is 0.218. The van der Waals surface area contributed by atoms with Crippen LogP contribution in [0.4, 0.5) is 0 Å². The quantitative estimate of drug-likeness (QED) is 0.885. The lowest BCUT2D eigenvalue weighted by Gasteiger charge is -2.24. The molecule has 3 heterocycles. The molecule has 6 heteroatoms. The number of pyridine rings is 1. The zero-order valence-electron chi connectivity index (χ0n) is 16.8. The molecular weight excluding hydrogens is 326 g/mol. The highest BCUT2D eigenvalue weighted by molar-refractivity contribution is 6.06. The smallest absolute Gasteiger partial charge is 0.252 e. The summed E-state index contributed by atoms with van der Waals surface area (Å²) in [5.41, 5.74) is 3.07. The molecule has 1 fully saturated rings. The first kappa shape index (κ1) is 18.8. The number of aromatic nitrogens is 3. The lowest BCUT2D eigenvalue weighted by atomic mass is 10.0. The first-order valence-corrected chi connectivity index (χ1v) is 9.61. The van der Waals surface area contributed by atoms with Crippen LogP contribution in [0.25, 0.3) is 11.0 Å². The number of carbonyl (C=O) groups is 1. The van der Waals surface area contributed by atoms with Crippen LogP contribution in [-0.4, -0.2) is 39.8 Å². The minimum absolute atomic E-state index is 0.0236. The molecule has 2 aromatic heterocycles. The molecule has 1 atom stereocenters. The average Bonchev–Trinajstić information content (AvgIpc) is 2.92. The van der Waals surface area contributed by atoms with Crippen molar-refractivity contribution in [3.05, 3.63) is 23.0 Å². The van der Waals surface area contributed by atoms with Gasteiger partial charge >= 0.3 is 0 Å². The van der Waals surface area contributed by atoms with E-state index in [0.717, 1.165) is 48.4 Å². The van der Waals surface area contributed by atoms with Gasteiger partial charge in [-0.3, -0.25) is 4.79 Å². The standard InChI is InChI=1S/C20H31N5O/c1-12(2)16-10-15(19(26)22-14-8-7-9-21-11-14)17-13(3)24-25(18(17)23-16)20(4,5)6/h10,12,14,21H,7-9,11H2,1-6H3,(H,22,26). The summed E-state index contributed by atoms with van der Waals surface area (Å²) in [4.78, 5) is 18.0. The maximum Gasteiger partial charge on any atom is 0.252 e. The zero-order chi connectivity index (χ0) is 19.1. The lowest BCUT2D eigenvalue weighted by Crippen LogP contribution is -2.45. The molecular formula is C20H31N5O. The topological polar surface area (TPSA) is 71.8 Å². The van der Waals surface area contributed by atoms with Crippen molar-refractivity contribution < 1.29 is 4.79 Å². The van der Waals surface area contributed by atoms with Crippen molar-refractivity contribution in [3.8, 4) is 0 Å². The second-order valence-electron chi connectivity index (χ2n) is 8.63. The SMILES string of the molecule is Cc1nn(C(C)(C)C)c2nc(C(C)C)cc(C(=O)NC3CCCNC3)c12. The number of aryl methyl sites for hydroxylation is 1. The summed E-state index contributed by atoms with van der Waals surface area (Å²) in [6, 6.07) is 2.13. The molecule has 1 saturated heterocycles. The Balaban J connectivity index is 2.10. The normalized spacial score (nSPS) is 18.5. The summed E-state index contributed by atoms with van der Waals surface area (Å²) in [7, 11) is 0. The summed E-state index contributed by atoms with van der Waals surface area (Å²) in [6.07, 6.45) is 2.11. The highest BCUT2D eigenvalue weighted by atomic mass is 16.1. The molecule has 26 heavy (non-hydrogen) atoms. The summed E-state index contributed by atoms with van der Waals surface area (Å²) < 4.78 is 1.95. The van der Waals surface area contributed by atoms with Gasteiger partial charge in [0.25, 0.3) is 5.91 Å². The second kappa shape index (κ2) is 6.99. The van der Waals surface area contributed by atoms with Gasteiger partial charge in [0.1, 0.15) is 0 Å². The van der Waals surface area contributed by atoms with Crippen molar-refractivity contribution in [1.29, 1.82) is 0 Å². The van der Waals surface area contributed by atoms with Gasteiger partial charge in [0.2, 0.25) is 0 Å². The van der Waals surface area contributed by atoms with E-state index < -0.39 is 0 Å². The molecule has 2 aromatic rings. The molecule has 1 aliphatic rings. The molecule has 6 nitrogen and oxygen atoms in total. The zero-order valence-corrected chi connectivity index (χ0v) is 16.8. The first-order valence-electron chi connectivity index (χ1n) is 9.61. The number of rotatable bonds is 3. The second-order valence-corrected chi connectivity index (χ2v) is 8.63. The Morgan fingerprint density at radius 1 is 1.38 bits per heavy atom. The minimum atomic E-state index is -0.198. The Kier molecular flexibility index (Phi) is 5.06. The molecule has 1 unspecified atom stereocenters. The van der Waals surface area contributed by atoms with Gasteiger partial charge < -0.3 is 10.6 Å². The predicted octanol–water partition coefficient (Wildman–Crippen LogP) is 3.10. The van der Waals surface area contributed by atoms with Gasteiger partial charge in [-0.15, -0.1) is 0 Å². The van der Waals surface area contributed by atoms with Crippen LogP contribution < -0.4 is 10.6 Å². The molecule has 0 spiro atoms. The molecule has 3 rings (SSSR count). The van der Waals surface area contributed by atoms with E-state index in [1.807, 2.05) is 17.7 Å². The Morgan fingerprint density at radius 3 is 2.69 bits per heavy atom. The largest absolute Gasteiger partial charge is 0.348 e. The molecule has 1 amide bonds. The van der Waals surface area contributed by atoms with Crippen molar-refractivity contribution in [2.45, 2.75) is 71.9 Å². The molecule has 0 aromatic carbocycles. The van der Waals surface area contributed by atoms with E-state index in [1.54, 1.807) is 0 Å². The number of piperidine rings is 1. The molecule has 1 aliphatic heterocycles. The van der Waals surface area contributed by atoms with Crippen LogP contribution in [0.2, 0.25) is 0 Å². The van der Waals surface area contributed by atoms with Gasteiger partial charge in [-0.1, -0.05) is 13.8 Å². The van der Waals surface area contributed by atoms with Crippen LogP contribution in [0.1, 0.15) is 75.1 Å². The van der Waals surface area contributed by atoms with E-state index >= 15 is 0 Å². The number of fused-ring (bicyclic) bond motifs is 1. The molecule has 0 radical (unpaired) electrons. The molecule has 0 aliphatic carbocycles. The van der Waals surface area contributed by atoms with Crippen LogP contribution in [0.15, 0.2) is 6.07 Å². The fourth-order valence-corrected chi connectivity index (χ4v) is 3.49. The highest BCUT2D eigenvalue weighted by Gasteiger charge is 2.26. The van der Waals surface area contributed by atoms with E-state index in [0.29, 0.717) is 5.56 Å². The van der Waals surface area contributed by atoms with Gasteiger partial charge in [0.15, 0.2) is 5.65 Å². The van der Waals surface area contributed by atoms with Gasteiger partial charge in [-0.25, -0.2) is 9.67 Å². The lowest BCUT2D eigenvalue weighted by molar-refractivity contribution is 0.0932. The Morgan fingerprint density at radius 2 is 2.12 bits per heavy atom. The van der Waals surface area contributed by atoms with E-state index in [-0.39, 0.29) is 23.4 Å². The maximum atomic E-state index is 13.1. The minimum Gasteiger partial charge on any atom is -0.348 e. The van der Waals surface area contributed by atoms with Gasteiger partial charge in [0.05, 0.1) is 22.2 Å². The Hall–Kier alpha value is -1.95. The maximum absolute atomic E-state index is 13.1. The van der Waals surface area contributed by atoms with Crippen LogP contribution in [0, 0.1) is 6.92 Å². The number of hydrogen-bond donors (Lipinski definition) is 2. The van der Waals surface area contributed by atoms with Crippen LogP contribution >= 0.6 is 0 Å². The monoisotopic (exact) mass is 357 g/mol. The van der Waals surface area contributed by atoms with E-state index in [9.17, 15) is 4.79 Å². The summed E-state index contributed by atoms with van der Waals surface area (Å²) >= 11 is 0. The fourth-order valence-electron chi connectivity index (χ4n) is 3.49. The number of nitrogens with one attached hydrogen (secondary N) is 2. The van der Waals surface area contributed by atoms with Gasteiger partial charge in [-0.05, 0) is 59.1 Å². The number of amides is 1. The Labute approximate surface area is 155 Å². The molecule has 0 saturated carbocycles. The van der Waals surface area contributed by atoms with Crippen molar-refractivity contribution in [1.82, 2.24) is 25.4 Å². The number of hydrogen-bond acceptors (Lipinski definition) is 4. The third kappa shape index (κ3) is 3.61. The number of carbonyl (C=O) groups excluding carboxylic acids is 1. The highest BCUT2D eigenvalue weighted by Crippen LogP contribution is 2.29. The third-order valence-electron chi connectivity index (χ3n) is 4.94. The summed E-state index contributed by atoms with van der Waals surface area (Å²) in [5, 5.41) is 12.1. The van der Waals surface area contributed by atoms with Crippen LogP contribution in [0.5, 0.6) is 0 Å². The molecule has 0 bridgehead atoms. The average molecular weight is 358 g/mol.